The molecule has 2 amide bonds. The van der Waals surface area contributed by atoms with Gasteiger partial charge in [0, 0.05) is 12.6 Å². The number of halogens is 3. The number of primary amides is 1. The van der Waals surface area contributed by atoms with Crippen molar-refractivity contribution in [3.05, 3.63) is 0 Å². The van der Waals surface area contributed by atoms with Crippen LogP contribution in [0.1, 0.15) is 12.8 Å². The molecule has 0 spiro atoms. The second-order valence-corrected chi connectivity index (χ2v) is 4.60. The van der Waals surface area contributed by atoms with Crippen LogP contribution in [-0.2, 0) is 14.3 Å². The molecule has 0 aromatic heterocycles. The molecule has 1 aliphatic heterocycles. The monoisotopic (exact) mass is 297 g/mol. The summed E-state index contributed by atoms with van der Waals surface area (Å²) in [6, 6.07) is -0.252. The Hall–Kier alpha value is -1.35. The minimum Gasteiger partial charge on any atom is -0.368 e. The van der Waals surface area contributed by atoms with E-state index in [1.807, 2.05) is 0 Å². The molecule has 20 heavy (non-hydrogen) atoms. The highest BCUT2D eigenvalue weighted by Gasteiger charge is 2.30. The number of carbonyl (C=O) groups excluding carboxylic acids is 2. The largest absolute Gasteiger partial charge is 0.411 e. The third-order valence-electron chi connectivity index (χ3n) is 2.85. The Labute approximate surface area is 114 Å². The molecule has 0 radical (unpaired) electrons. The summed E-state index contributed by atoms with van der Waals surface area (Å²) in [7, 11) is 0. The molecule has 0 saturated carbocycles. The van der Waals surface area contributed by atoms with E-state index in [4.69, 9.17) is 5.73 Å². The van der Waals surface area contributed by atoms with Crippen LogP contribution in [0, 0.1) is 0 Å². The topological polar surface area (TPSA) is 84.7 Å². The highest BCUT2D eigenvalue weighted by molar-refractivity contribution is 5.84. The molecule has 1 saturated heterocycles. The third-order valence-corrected chi connectivity index (χ3v) is 2.85. The Morgan fingerprint density at radius 1 is 1.40 bits per heavy atom. The fourth-order valence-electron chi connectivity index (χ4n) is 2.03. The predicted octanol–water partition coefficient (Wildman–Crippen LogP) is -0.369. The lowest BCUT2D eigenvalue weighted by Gasteiger charge is -2.33. The summed E-state index contributed by atoms with van der Waals surface area (Å²) in [5.74, 6) is -1.37. The average molecular weight is 297 g/mol. The number of hydrogen-bond acceptors (Lipinski definition) is 4. The Kier molecular flexibility index (Phi) is 6.21. The lowest BCUT2D eigenvalue weighted by Crippen LogP contribution is -2.52. The summed E-state index contributed by atoms with van der Waals surface area (Å²) in [6.07, 6.45) is -3.00. The molecule has 116 valence electrons. The van der Waals surface area contributed by atoms with Crippen molar-refractivity contribution in [3.8, 4) is 0 Å². The van der Waals surface area contributed by atoms with Crippen LogP contribution in [-0.4, -0.2) is 61.8 Å². The minimum absolute atomic E-state index is 0.252. The molecule has 1 fully saturated rings. The average Bonchev–Trinajstić information content (AvgIpc) is 2.35. The van der Waals surface area contributed by atoms with Crippen molar-refractivity contribution < 1.29 is 27.5 Å². The van der Waals surface area contributed by atoms with E-state index in [0.717, 1.165) is 13.0 Å². The Bertz CT molecular complexity index is 344. The fourth-order valence-corrected chi connectivity index (χ4v) is 2.03. The first kappa shape index (κ1) is 16.7. The number of carbonyl (C=O) groups is 2. The van der Waals surface area contributed by atoms with Crippen LogP contribution in [0.3, 0.4) is 0 Å². The SMILES string of the molecule is NC(=O)CN(C(=O)COCC(F)(F)F)C1CCCNC1. The van der Waals surface area contributed by atoms with E-state index >= 15 is 0 Å². The number of nitrogens with zero attached hydrogens (tertiary/aromatic N) is 1. The fraction of sp³-hybridized carbons (Fsp3) is 0.818. The first-order valence-corrected chi connectivity index (χ1v) is 6.22. The minimum atomic E-state index is -4.48. The molecule has 1 heterocycles. The van der Waals surface area contributed by atoms with Gasteiger partial charge in [-0.2, -0.15) is 13.2 Å². The van der Waals surface area contributed by atoms with E-state index in [2.05, 4.69) is 10.1 Å². The zero-order chi connectivity index (χ0) is 15.2. The Morgan fingerprint density at radius 3 is 2.60 bits per heavy atom. The molecule has 1 rings (SSSR count). The van der Waals surface area contributed by atoms with Crippen LogP contribution < -0.4 is 11.1 Å². The number of amides is 2. The standard InChI is InChI=1S/C11H18F3N3O3/c12-11(13,14)7-20-6-10(19)17(5-9(15)18)8-2-1-3-16-4-8/h8,16H,1-7H2,(H2,15,18). The molecule has 9 heteroatoms. The number of hydrogen-bond donors (Lipinski definition) is 2. The van der Waals surface area contributed by atoms with Crippen molar-refractivity contribution in [2.24, 2.45) is 5.73 Å². The summed E-state index contributed by atoms with van der Waals surface area (Å²) in [5.41, 5.74) is 5.06. The number of rotatable bonds is 6. The van der Waals surface area contributed by atoms with E-state index in [0.29, 0.717) is 13.0 Å². The van der Waals surface area contributed by atoms with E-state index in [1.54, 1.807) is 0 Å². The van der Waals surface area contributed by atoms with Crippen LogP contribution in [0.25, 0.3) is 0 Å². The highest BCUT2D eigenvalue weighted by Crippen LogP contribution is 2.15. The molecule has 0 aromatic rings. The van der Waals surface area contributed by atoms with Gasteiger partial charge in [-0.1, -0.05) is 0 Å². The van der Waals surface area contributed by atoms with E-state index in [1.165, 1.54) is 4.90 Å². The van der Waals surface area contributed by atoms with E-state index in [9.17, 15) is 22.8 Å². The van der Waals surface area contributed by atoms with Gasteiger partial charge in [0.15, 0.2) is 0 Å². The van der Waals surface area contributed by atoms with Crippen molar-refractivity contribution in [1.29, 1.82) is 0 Å². The number of piperidine rings is 1. The van der Waals surface area contributed by atoms with Crippen LogP contribution in [0.15, 0.2) is 0 Å². The maximum absolute atomic E-state index is 11.9. The van der Waals surface area contributed by atoms with Gasteiger partial charge >= 0.3 is 6.18 Å². The number of nitrogens with two attached hydrogens (primary N) is 1. The first-order valence-electron chi connectivity index (χ1n) is 6.22. The molecule has 1 unspecified atom stereocenters. The summed E-state index contributed by atoms with van der Waals surface area (Å²) in [5, 5.41) is 3.06. The van der Waals surface area contributed by atoms with Gasteiger partial charge in [-0.25, -0.2) is 0 Å². The van der Waals surface area contributed by atoms with Crippen molar-refractivity contribution in [2.45, 2.75) is 25.1 Å². The van der Waals surface area contributed by atoms with E-state index in [-0.39, 0.29) is 12.6 Å². The highest BCUT2D eigenvalue weighted by atomic mass is 19.4. The van der Waals surface area contributed by atoms with Crippen molar-refractivity contribution in [1.82, 2.24) is 10.2 Å². The van der Waals surface area contributed by atoms with Gasteiger partial charge in [0.2, 0.25) is 11.8 Å². The molecule has 3 N–H and O–H groups in total. The van der Waals surface area contributed by atoms with Crippen LogP contribution >= 0.6 is 0 Å². The molecule has 0 aromatic carbocycles. The van der Waals surface area contributed by atoms with E-state index < -0.39 is 31.2 Å². The van der Waals surface area contributed by atoms with Crippen LogP contribution in [0.5, 0.6) is 0 Å². The maximum Gasteiger partial charge on any atom is 0.411 e. The summed E-state index contributed by atoms with van der Waals surface area (Å²) in [6.45, 7) is -1.24. The first-order chi connectivity index (χ1) is 9.29. The molecule has 1 atom stereocenters. The van der Waals surface area contributed by atoms with Crippen molar-refractivity contribution >= 4 is 11.8 Å². The smallest absolute Gasteiger partial charge is 0.368 e. The van der Waals surface area contributed by atoms with Gasteiger partial charge < -0.3 is 20.7 Å². The lowest BCUT2D eigenvalue weighted by molar-refractivity contribution is -0.178. The van der Waals surface area contributed by atoms with Gasteiger partial charge in [-0.3, -0.25) is 9.59 Å². The third kappa shape index (κ3) is 6.20. The normalized spacial score (nSPS) is 19.6. The van der Waals surface area contributed by atoms with Crippen molar-refractivity contribution in [3.63, 3.8) is 0 Å². The molecular formula is C11H18F3N3O3. The van der Waals surface area contributed by atoms with Crippen LogP contribution in [0.4, 0.5) is 13.2 Å². The van der Waals surface area contributed by atoms with Gasteiger partial charge in [-0.05, 0) is 19.4 Å². The number of ether oxygens (including phenoxy) is 1. The zero-order valence-corrected chi connectivity index (χ0v) is 10.9. The quantitative estimate of drug-likeness (QED) is 0.700. The van der Waals surface area contributed by atoms with Gasteiger partial charge in [0.25, 0.3) is 0 Å². The van der Waals surface area contributed by atoms with Crippen molar-refractivity contribution in [2.75, 3.05) is 32.8 Å². The molecular weight excluding hydrogens is 279 g/mol. The Balaban J connectivity index is 2.53. The van der Waals surface area contributed by atoms with Gasteiger partial charge in [0.05, 0.1) is 6.54 Å². The number of nitrogens with one attached hydrogen (secondary N) is 1. The summed E-state index contributed by atoms with van der Waals surface area (Å²) in [4.78, 5) is 24.0. The summed E-state index contributed by atoms with van der Waals surface area (Å²) >= 11 is 0. The zero-order valence-electron chi connectivity index (χ0n) is 10.9. The van der Waals surface area contributed by atoms with Gasteiger partial charge in [-0.15, -0.1) is 0 Å². The van der Waals surface area contributed by atoms with Crippen LogP contribution in [0.2, 0.25) is 0 Å². The maximum atomic E-state index is 11.9. The lowest BCUT2D eigenvalue weighted by atomic mass is 10.1. The Morgan fingerprint density at radius 2 is 2.10 bits per heavy atom. The predicted molar refractivity (Wildman–Crippen MR) is 63.7 cm³/mol. The molecule has 6 nitrogen and oxygen atoms in total. The molecule has 0 bridgehead atoms. The van der Waals surface area contributed by atoms with Gasteiger partial charge in [0.1, 0.15) is 13.2 Å². The number of alkyl halides is 3. The second kappa shape index (κ2) is 7.44. The molecule has 0 aliphatic carbocycles. The molecule has 1 aliphatic rings. The second-order valence-electron chi connectivity index (χ2n) is 4.60. The summed E-state index contributed by atoms with van der Waals surface area (Å²) < 4.78 is 40.1.